The van der Waals surface area contributed by atoms with Gasteiger partial charge >= 0.3 is 0 Å². The average Bonchev–Trinajstić information content (AvgIpc) is 2.64. The minimum absolute atomic E-state index is 0.113. The largest absolute Gasteiger partial charge is 0.379 e. The number of nitrogens with one attached hydrogen (secondary N) is 1. The molecule has 26 heavy (non-hydrogen) atoms. The first-order chi connectivity index (χ1) is 12.4. The van der Waals surface area contributed by atoms with Crippen molar-refractivity contribution in [1.29, 1.82) is 0 Å². The number of nitro benzene ring substituents is 1. The zero-order chi connectivity index (χ0) is 18.7. The summed E-state index contributed by atoms with van der Waals surface area (Å²) in [6, 6.07) is 8.95. The van der Waals surface area contributed by atoms with E-state index in [-0.39, 0.29) is 42.6 Å². The van der Waals surface area contributed by atoms with Crippen molar-refractivity contribution in [2.24, 2.45) is 0 Å². The highest BCUT2D eigenvalue weighted by Gasteiger charge is 2.28. The Morgan fingerprint density at radius 2 is 1.77 bits per heavy atom. The van der Waals surface area contributed by atoms with Crippen LogP contribution in [0.3, 0.4) is 0 Å². The molecule has 0 atom stereocenters. The molecule has 1 N–H and O–H groups in total. The summed E-state index contributed by atoms with van der Waals surface area (Å²) in [6.45, 7) is 0.967. The lowest BCUT2D eigenvalue weighted by Gasteiger charge is -2.26. The number of nitrogens with zero attached hydrogens (tertiary/aromatic N) is 2. The second-order valence-corrected chi connectivity index (χ2v) is 7.52. The summed E-state index contributed by atoms with van der Waals surface area (Å²) in [4.78, 5) is 10.6. The Kier molecular flexibility index (Phi) is 5.16. The van der Waals surface area contributed by atoms with E-state index < -0.39 is 20.8 Å². The summed E-state index contributed by atoms with van der Waals surface area (Å²) in [5, 5.41) is 14.2. The number of anilines is 2. The maximum Gasteiger partial charge on any atom is 0.294 e. The Labute approximate surface area is 149 Å². The molecular formula is C16H16FN3O5S. The molecule has 0 spiro atoms. The minimum atomic E-state index is -3.84. The molecule has 2 aromatic carbocycles. The van der Waals surface area contributed by atoms with E-state index in [4.69, 9.17) is 4.74 Å². The van der Waals surface area contributed by atoms with Crippen LogP contribution < -0.4 is 5.32 Å². The van der Waals surface area contributed by atoms with Gasteiger partial charge in [-0.3, -0.25) is 10.1 Å². The van der Waals surface area contributed by atoms with Gasteiger partial charge in [-0.15, -0.1) is 0 Å². The molecule has 0 saturated carbocycles. The van der Waals surface area contributed by atoms with Gasteiger partial charge in [-0.05, 0) is 36.4 Å². The fourth-order valence-corrected chi connectivity index (χ4v) is 3.98. The fraction of sp³-hybridized carbons (Fsp3) is 0.250. The van der Waals surface area contributed by atoms with Crippen LogP contribution >= 0.6 is 0 Å². The number of benzene rings is 2. The van der Waals surface area contributed by atoms with E-state index in [2.05, 4.69) is 5.32 Å². The molecule has 1 saturated heterocycles. The van der Waals surface area contributed by atoms with Crippen LogP contribution in [-0.4, -0.2) is 43.9 Å². The summed E-state index contributed by atoms with van der Waals surface area (Å²) in [5.41, 5.74) is 0.171. The summed E-state index contributed by atoms with van der Waals surface area (Å²) in [7, 11) is -3.84. The van der Waals surface area contributed by atoms with Crippen LogP contribution in [0.15, 0.2) is 47.4 Å². The van der Waals surface area contributed by atoms with Crippen molar-refractivity contribution < 1.29 is 22.5 Å². The molecule has 0 radical (unpaired) electrons. The van der Waals surface area contributed by atoms with E-state index in [1.165, 1.54) is 40.7 Å². The van der Waals surface area contributed by atoms with E-state index in [9.17, 15) is 22.9 Å². The molecule has 138 valence electrons. The molecule has 3 rings (SSSR count). The van der Waals surface area contributed by atoms with E-state index >= 15 is 0 Å². The predicted molar refractivity (Wildman–Crippen MR) is 92.4 cm³/mol. The van der Waals surface area contributed by atoms with Crippen LogP contribution in [0.1, 0.15) is 0 Å². The highest BCUT2D eigenvalue weighted by molar-refractivity contribution is 7.89. The first-order valence-electron chi connectivity index (χ1n) is 7.77. The molecule has 1 heterocycles. The molecule has 0 aromatic heterocycles. The number of morpholine rings is 1. The van der Waals surface area contributed by atoms with Crippen LogP contribution in [0.4, 0.5) is 21.5 Å². The van der Waals surface area contributed by atoms with Gasteiger partial charge in [0.25, 0.3) is 5.69 Å². The third-order valence-corrected chi connectivity index (χ3v) is 5.79. The number of nitro groups is 1. The number of hydrogen-bond donors (Lipinski definition) is 1. The Bertz CT molecular complexity index is 912. The average molecular weight is 381 g/mol. The Morgan fingerprint density at radius 3 is 2.38 bits per heavy atom. The highest BCUT2D eigenvalue weighted by atomic mass is 32.2. The van der Waals surface area contributed by atoms with Crippen molar-refractivity contribution in [3.8, 4) is 0 Å². The van der Waals surface area contributed by atoms with Gasteiger partial charge < -0.3 is 10.1 Å². The molecule has 0 bridgehead atoms. The van der Waals surface area contributed by atoms with Gasteiger partial charge in [0.1, 0.15) is 11.5 Å². The highest BCUT2D eigenvalue weighted by Crippen LogP contribution is 2.31. The molecule has 0 amide bonds. The van der Waals surface area contributed by atoms with Crippen molar-refractivity contribution in [3.63, 3.8) is 0 Å². The number of halogens is 1. The lowest BCUT2D eigenvalue weighted by atomic mass is 10.2. The number of hydrogen-bond acceptors (Lipinski definition) is 6. The molecule has 1 aliphatic rings. The second kappa shape index (κ2) is 7.36. The van der Waals surface area contributed by atoms with Crippen molar-refractivity contribution in [2.75, 3.05) is 31.6 Å². The van der Waals surface area contributed by atoms with Crippen LogP contribution in [-0.2, 0) is 14.8 Å². The molecule has 1 fully saturated rings. The summed E-state index contributed by atoms with van der Waals surface area (Å²) in [5.74, 6) is -0.433. The lowest BCUT2D eigenvalue weighted by molar-refractivity contribution is -0.384. The molecule has 1 aliphatic heterocycles. The van der Waals surface area contributed by atoms with E-state index in [0.29, 0.717) is 5.69 Å². The topological polar surface area (TPSA) is 102 Å². The zero-order valence-electron chi connectivity index (χ0n) is 13.6. The standard InChI is InChI=1S/C16H16FN3O5S/c17-12-1-3-13(4-2-12)18-15-6-5-14(11-16(15)20(21)22)26(23,24)19-7-9-25-10-8-19/h1-6,11,18H,7-10H2. The van der Waals surface area contributed by atoms with Crippen LogP contribution in [0.5, 0.6) is 0 Å². The predicted octanol–water partition coefficient (Wildman–Crippen LogP) is 2.50. The third kappa shape index (κ3) is 3.82. The van der Waals surface area contributed by atoms with Gasteiger partial charge in [0.15, 0.2) is 0 Å². The van der Waals surface area contributed by atoms with Crippen molar-refractivity contribution in [1.82, 2.24) is 4.31 Å². The SMILES string of the molecule is O=[N+]([O-])c1cc(S(=O)(=O)N2CCOCC2)ccc1Nc1ccc(F)cc1. The first kappa shape index (κ1) is 18.2. The zero-order valence-corrected chi connectivity index (χ0v) is 14.4. The van der Waals surface area contributed by atoms with Crippen LogP contribution in [0.25, 0.3) is 0 Å². The second-order valence-electron chi connectivity index (χ2n) is 5.58. The van der Waals surface area contributed by atoms with Crippen molar-refractivity contribution >= 4 is 27.1 Å². The van der Waals surface area contributed by atoms with Crippen molar-refractivity contribution in [3.05, 3.63) is 58.4 Å². The molecule has 10 heteroatoms. The number of ether oxygens (including phenoxy) is 1. The number of rotatable bonds is 5. The summed E-state index contributed by atoms with van der Waals surface area (Å²) in [6.07, 6.45) is 0. The van der Waals surface area contributed by atoms with Gasteiger partial charge in [-0.25, -0.2) is 12.8 Å². The van der Waals surface area contributed by atoms with Gasteiger partial charge in [-0.2, -0.15) is 4.31 Å². The first-order valence-corrected chi connectivity index (χ1v) is 9.21. The molecule has 8 nitrogen and oxygen atoms in total. The van der Waals surface area contributed by atoms with E-state index in [0.717, 1.165) is 6.07 Å². The van der Waals surface area contributed by atoms with E-state index in [1.807, 2.05) is 0 Å². The third-order valence-electron chi connectivity index (χ3n) is 3.90. The monoisotopic (exact) mass is 381 g/mol. The van der Waals surface area contributed by atoms with Gasteiger partial charge in [0.05, 0.1) is 23.0 Å². The lowest BCUT2D eigenvalue weighted by Crippen LogP contribution is -2.40. The number of sulfonamides is 1. The maximum atomic E-state index is 13.0. The van der Waals surface area contributed by atoms with E-state index in [1.54, 1.807) is 0 Å². The quantitative estimate of drug-likeness (QED) is 0.631. The Balaban J connectivity index is 1.93. The van der Waals surface area contributed by atoms with Crippen LogP contribution in [0, 0.1) is 15.9 Å². The minimum Gasteiger partial charge on any atom is -0.379 e. The summed E-state index contributed by atoms with van der Waals surface area (Å²) >= 11 is 0. The van der Waals surface area contributed by atoms with Crippen molar-refractivity contribution in [2.45, 2.75) is 4.90 Å². The molecular weight excluding hydrogens is 365 g/mol. The van der Waals surface area contributed by atoms with Crippen LogP contribution in [0.2, 0.25) is 0 Å². The Hall–Kier alpha value is -2.56. The van der Waals surface area contributed by atoms with Gasteiger partial charge in [0, 0.05) is 24.8 Å². The normalized spacial score (nSPS) is 15.6. The molecule has 2 aromatic rings. The smallest absolute Gasteiger partial charge is 0.294 e. The summed E-state index contributed by atoms with van der Waals surface area (Å²) < 4.78 is 44.7. The molecule has 0 aliphatic carbocycles. The van der Waals surface area contributed by atoms with Gasteiger partial charge in [0.2, 0.25) is 10.0 Å². The Morgan fingerprint density at radius 1 is 1.12 bits per heavy atom. The van der Waals surface area contributed by atoms with Gasteiger partial charge in [-0.1, -0.05) is 0 Å². The maximum absolute atomic E-state index is 13.0. The molecule has 0 unspecified atom stereocenters. The fourth-order valence-electron chi connectivity index (χ4n) is 2.55.